The maximum absolute atomic E-state index is 13.2. The van der Waals surface area contributed by atoms with E-state index in [-0.39, 0.29) is 42.6 Å². The SMILES string of the molecule is COc1ccc(CC(=O)CS(N)(=O)=O)c(OCC(=O)N2C[C@H](C)N(Cc3ccc(F)cc3)C[C@H]2C)c1. The second-order valence-electron chi connectivity index (χ2n) is 9.09. The minimum atomic E-state index is -3.94. The Kier molecular flexibility index (Phi) is 9.04. The number of ketones is 1. The van der Waals surface area contributed by atoms with Gasteiger partial charge in [0.15, 0.2) is 12.4 Å². The summed E-state index contributed by atoms with van der Waals surface area (Å²) in [5.41, 5.74) is 1.43. The molecule has 1 saturated heterocycles. The average molecular weight is 522 g/mol. The lowest BCUT2D eigenvalue weighted by Crippen LogP contribution is -2.58. The number of carbonyl (C=O) groups excluding carboxylic acids is 2. The van der Waals surface area contributed by atoms with Crippen molar-refractivity contribution in [1.82, 2.24) is 9.80 Å². The number of nitrogens with zero attached hydrogens (tertiary/aromatic N) is 2. The molecule has 1 aliphatic heterocycles. The van der Waals surface area contributed by atoms with Crippen LogP contribution in [0.4, 0.5) is 4.39 Å². The van der Waals surface area contributed by atoms with Crippen LogP contribution in [0.3, 0.4) is 0 Å². The third-order valence-electron chi connectivity index (χ3n) is 6.11. The van der Waals surface area contributed by atoms with E-state index in [9.17, 15) is 22.4 Å². The van der Waals surface area contributed by atoms with Crippen molar-refractivity contribution in [2.75, 3.05) is 32.6 Å². The predicted molar refractivity (Wildman–Crippen MR) is 133 cm³/mol. The fourth-order valence-corrected chi connectivity index (χ4v) is 4.79. The Bertz CT molecular complexity index is 1190. The van der Waals surface area contributed by atoms with Crippen LogP contribution in [0.1, 0.15) is 25.0 Å². The molecule has 1 fully saturated rings. The Balaban J connectivity index is 1.63. The molecule has 1 aliphatic rings. The number of halogens is 1. The summed E-state index contributed by atoms with van der Waals surface area (Å²) in [6.07, 6.45) is -0.209. The van der Waals surface area contributed by atoms with Crippen molar-refractivity contribution in [2.24, 2.45) is 5.14 Å². The molecule has 0 saturated carbocycles. The number of methoxy groups -OCH3 is 1. The molecule has 196 valence electrons. The maximum Gasteiger partial charge on any atom is 0.260 e. The lowest BCUT2D eigenvalue weighted by molar-refractivity contribution is -0.139. The first-order valence-electron chi connectivity index (χ1n) is 11.5. The molecule has 0 radical (unpaired) electrons. The van der Waals surface area contributed by atoms with Gasteiger partial charge in [-0.2, -0.15) is 0 Å². The largest absolute Gasteiger partial charge is 0.497 e. The standard InChI is InChI=1S/C25H32FN3O6S/c1-17-13-29(18(2)12-28(17)14-19-4-7-21(26)8-5-19)25(31)15-35-24-11-23(34-3)9-6-20(24)10-22(30)16-36(27,32)33/h4-9,11,17-18H,10,12-16H2,1-3H3,(H2,27,32,33)/t17-,18+/m0/s1. The molecule has 2 aromatic rings. The van der Waals surface area contributed by atoms with Gasteiger partial charge in [0, 0.05) is 49.8 Å². The smallest absolute Gasteiger partial charge is 0.260 e. The van der Waals surface area contributed by atoms with E-state index in [0.29, 0.717) is 30.9 Å². The molecule has 0 unspecified atom stereocenters. The molecule has 2 N–H and O–H groups in total. The quantitative estimate of drug-likeness (QED) is 0.506. The molecular formula is C25H32FN3O6S. The van der Waals surface area contributed by atoms with Gasteiger partial charge in [-0.3, -0.25) is 14.5 Å². The van der Waals surface area contributed by atoms with E-state index in [2.05, 4.69) is 4.90 Å². The van der Waals surface area contributed by atoms with Crippen LogP contribution in [0.5, 0.6) is 11.5 Å². The first-order chi connectivity index (χ1) is 16.9. The number of Topliss-reactive ketones (excluding diaryl/α,β-unsaturated/α-hetero) is 1. The average Bonchev–Trinajstić information content (AvgIpc) is 2.80. The van der Waals surface area contributed by atoms with Crippen molar-refractivity contribution in [3.63, 3.8) is 0 Å². The molecule has 2 aromatic carbocycles. The van der Waals surface area contributed by atoms with E-state index in [4.69, 9.17) is 14.6 Å². The number of sulfonamides is 1. The number of amides is 1. The fourth-order valence-electron chi connectivity index (χ4n) is 4.24. The van der Waals surface area contributed by atoms with Gasteiger partial charge in [-0.1, -0.05) is 18.2 Å². The van der Waals surface area contributed by atoms with Crippen LogP contribution in [0.2, 0.25) is 0 Å². The van der Waals surface area contributed by atoms with Gasteiger partial charge in [0.2, 0.25) is 10.0 Å². The zero-order valence-corrected chi connectivity index (χ0v) is 21.5. The van der Waals surface area contributed by atoms with Crippen LogP contribution < -0.4 is 14.6 Å². The molecule has 1 amide bonds. The Morgan fingerprint density at radius 2 is 1.78 bits per heavy atom. The summed E-state index contributed by atoms with van der Waals surface area (Å²) in [5, 5.41) is 4.97. The van der Waals surface area contributed by atoms with Gasteiger partial charge >= 0.3 is 0 Å². The van der Waals surface area contributed by atoms with Crippen LogP contribution >= 0.6 is 0 Å². The molecule has 9 nitrogen and oxygen atoms in total. The van der Waals surface area contributed by atoms with Crippen LogP contribution in [-0.4, -0.2) is 74.6 Å². The minimum Gasteiger partial charge on any atom is -0.497 e. The second kappa shape index (κ2) is 11.8. The van der Waals surface area contributed by atoms with Gasteiger partial charge in [-0.25, -0.2) is 17.9 Å². The molecule has 0 aliphatic carbocycles. The summed E-state index contributed by atoms with van der Waals surface area (Å²) in [5.74, 6) is -1.12. The molecule has 0 aromatic heterocycles. The van der Waals surface area contributed by atoms with Gasteiger partial charge in [-0.15, -0.1) is 0 Å². The zero-order valence-electron chi connectivity index (χ0n) is 20.6. The van der Waals surface area contributed by atoms with Gasteiger partial charge in [0.25, 0.3) is 5.91 Å². The van der Waals surface area contributed by atoms with Crippen molar-refractivity contribution in [3.8, 4) is 11.5 Å². The Morgan fingerprint density at radius 3 is 2.42 bits per heavy atom. The number of hydrogen-bond donors (Lipinski definition) is 1. The highest BCUT2D eigenvalue weighted by Crippen LogP contribution is 2.26. The Hall–Kier alpha value is -3.02. The summed E-state index contributed by atoms with van der Waals surface area (Å²) in [6, 6.07) is 11.2. The first kappa shape index (κ1) is 27.6. The Morgan fingerprint density at radius 1 is 1.08 bits per heavy atom. The van der Waals surface area contributed by atoms with E-state index >= 15 is 0 Å². The van der Waals surface area contributed by atoms with Gasteiger partial charge < -0.3 is 14.4 Å². The molecule has 0 spiro atoms. The number of rotatable bonds is 10. The molecule has 0 bridgehead atoms. The number of primary sulfonamides is 1. The monoisotopic (exact) mass is 521 g/mol. The van der Waals surface area contributed by atoms with Crippen molar-refractivity contribution in [3.05, 3.63) is 59.4 Å². The zero-order chi connectivity index (χ0) is 26.5. The highest BCUT2D eigenvalue weighted by Gasteiger charge is 2.32. The van der Waals surface area contributed by atoms with Crippen LogP contribution in [0.15, 0.2) is 42.5 Å². The Labute approximate surface area is 211 Å². The number of ether oxygens (including phenoxy) is 2. The topological polar surface area (TPSA) is 119 Å². The molecule has 2 atom stereocenters. The van der Waals surface area contributed by atoms with Gasteiger partial charge in [0.05, 0.1) is 7.11 Å². The fraction of sp³-hybridized carbons (Fsp3) is 0.440. The number of piperazine rings is 1. The van der Waals surface area contributed by atoms with Crippen LogP contribution in [0, 0.1) is 5.82 Å². The summed E-state index contributed by atoms with van der Waals surface area (Å²) in [4.78, 5) is 29.2. The van der Waals surface area contributed by atoms with Crippen molar-refractivity contribution < 1.29 is 31.9 Å². The number of nitrogens with two attached hydrogens (primary N) is 1. The van der Waals surface area contributed by atoms with E-state index in [1.54, 1.807) is 35.2 Å². The maximum atomic E-state index is 13.2. The molecular weight excluding hydrogens is 489 g/mol. The molecule has 3 rings (SSSR count). The van der Waals surface area contributed by atoms with Crippen molar-refractivity contribution >= 4 is 21.7 Å². The molecule has 11 heteroatoms. The number of benzene rings is 2. The summed E-state index contributed by atoms with van der Waals surface area (Å²) in [6.45, 7) is 5.56. The first-order valence-corrected chi connectivity index (χ1v) is 13.3. The van der Waals surface area contributed by atoms with E-state index in [1.165, 1.54) is 19.2 Å². The van der Waals surface area contributed by atoms with Gasteiger partial charge in [0.1, 0.15) is 23.1 Å². The van der Waals surface area contributed by atoms with E-state index in [0.717, 1.165) is 5.56 Å². The third-order valence-corrected chi connectivity index (χ3v) is 6.83. The van der Waals surface area contributed by atoms with Gasteiger partial charge in [-0.05, 0) is 37.6 Å². The van der Waals surface area contributed by atoms with E-state index < -0.39 is 21.6 Å². The van der Waals surface area contributed by atoms with Crippen LogP contribution in [0.25, 0.3) is 0 Å². The summed E-state index contributed by atoms with van der Waals surface area (Å²) in [7, 11) is -2.47. The van der Waals surface area contributed by atoms with Crippen molar-refractivity contribution in [1.29, 1.82) is 0 Å². The normalized spacial score (nSPS) is 18.6. The second-order valence-corrected chi connectivity index (χ2v) is 10.7. The summed E-state index contributed by atoms with van der Waals surface area (Å²) < 4.78 is 46.7. The highest BCUT2D eigenvalue weighted by molar-refractivity contribution is 7.89. The molecule has 36 heavy (non-hydrogen) atoms. The molecule has 1 heterocycles. The predicted octanol–water partition coefficient (Wildman–Crippen LogP) is 1.73. The highest BCUT2D eigenvalue weighted by atomic mass is 32.2. The minimum absolute atomic E-state index is 0.0705. The van der Waals surface area contributed by atoms with Crippen LogP contribution in [-0.2, 0) is 32.6 Å². The van der Waals surface area contributed by atoms with Crippen molar-refractivity contribution in [2.45, 2.75) is 38.9 Å². The lowest BCUT2D eigenvalue weighted by Gasteiger charge is -2.44. The van der Waals surface area contributed by atoms with E-state index in [1.807, 2.05) is 13.8 Å². The third kappa shape index (κ3) is 7.74. The lowest BCUT2D eigenvalue weighted by atomic mass is 10.1. The summed E-state index contributed by atoms with van der Waals surface area (Å²) >= 11 is 0. The number of carbonyl (C=O) groups is 2. The number of hydrogen-bond acceptors (Lipinski definition) is 7.